The van der Waals surface area contributed by atoms with Gasteiger partial charge in [0, 0.05) is 32.7 Å². The van der Waals surface area contributed by atoms with Crippen LogP contribution in [0.4, 0.5) is 0 Å². The van der Waals surface area contributed by atoms with Gasteiger partial charge >= 0.3 is 0 Å². The summed E-state index contributed by atoms with van der Waals surface area (Å²) >= 11 is 0. The van der Waals surface area contributed by atoms with Crippen molar-refractivity contribution in [1.29, 1.82) is 0 Å². The topological polar surface area (TPSA) is 9.72 Å². The van der Waals surface area contributed by atoms with Crippen molar-refractivity contribution in [3.8, 4) is 0 Å². The summed E-state index contributed by atoms with van der Waals surface area (Å²) in [5, 5.41) is 0. The molecule has 0 aromatic heterocycles. The fourth-order valence-corrected chi connectivity index (χ4v) is 2.90. The molecular weight excluding hydrogens is 198 g/mol. The average Bonchev–Trinajstić information content (AvgIpc) is 2.33. The third-order valence-electron chi connectivity index (χ3n) is 4.27. The molecule has 16 heavy (non-hydrogen) atoms. The van der Waals surface area contributed by atoms with Crippen molar-refractivity contribution in [2.24, 2.45) is 5.92 Å². The van der Waals surface area contributed by atoms with Crippen molar-refractivity contribution >= 4 is 0 Å². The summed E-state index contributed by atoms with van der Waals surface area (Å²) < 4.78 is 0. The smallest absolute Gasteiger partial charge is 0.0110 e. The molecule has 3 nitrogen and oxygen atoms in total. The van der Waals surface area contributed by atoms with Crippen LogP contribution in [0.15, 0.2) is 0 Å². The Hall–Kier alpha value is -0.120. The fraction of sp³-hybridized carbons (Fsp3) is 1.00. The maximum atomic E-state index is 2.68. The molecule has 3 heteroatoms. The van der Waals surface area contributed by atoms with Crippen LogP contribution in [0.25, 0.3) is 0 Å². The molecule has 2 fully saturated rings. The summed E-state index contributed by atoms with van der Waals surface area (Å²) in [7, 11) is 2.25. The molecule has 0 aromatic carbocycles. The van der Waals surface area contributed by atoms with Crippen LogP contribution >= 0.6 is 0 Å². The molecule has 2 saturated heterocycles. The van der Waals surface area contributed by atoms with Crippen LogP contribution in [0, 0.1) is 5.92 Å². The maximum Gasteiger partial charge on any atom is 0.0110 e. The van der Waals surface area contributed by atoms with Gasteiger partial charge in [-0.1, -0.05) is 6.92 Å². The van der Waals surface area contributed by atoms with E-state index in [1.807, 2.05) is 0 Å². The fourth-order valence-electron chi connectivity index (χ4n) is 2.90. The van der Waals surface area contributed by atoms with Crippen molar-refractivity contribution in [2.45, 2.75) is 19.8 Å². The first-order chi connectivity index (χ1) is 7.78. The van der Waals surface area contributed by atoms with Crippen LogP contribution in [-0.2, 0) is 0 Å². The minimum Gasteiger partial charge on any atom is -0.306 e. The third kappa shape index (κ3) is 3.44. The minimum atomic E-state index is 0.962. The van der Waals surface area contributed by atoms with E-state index in [-0.39, 0.29) is 0 Å². The van der Waals surface area contributed by atoms with Crippen LogP contribution in [0.3, 0.4) is 0 Å². The number of piperidine rings is 1. The van der Waals surface area contributed by atoms with Crippen LogP contribution < -0.4 is 0 Å². The molecule has 2 heterocycles. The number of piperazine rings is 1. The van der Waals surface area contributed by atoms with Crippen LogP contribution in [-0.4, -0.2) is 74.1 Å². The van der Waals surface area contributed by atoms with E-state index in [1.54, 1.807) is 0 Å². The SMILES string of the molecule is CCN1CCN(CC2CCN(C)CC2)CC1. The Kier molecular flexibility index (Phi) is 4.62. The number of nitrogens with zero attached hydrogens (tertiary/aromatic N) is 3. The van der Waals surface area contributed by atoms with Gasteiger partial charge in [-0.2, -0.15) is 0 Å². The lowest BCUT2D eigenvalue weighted by Gasteiger charge is -2.38. The van der Waals surface area contributed by atoms with Gasteiger partial charge in [0.25, 0.3) is 0 Å². The second-order valence-electron chi connectivity index (χ2n) is 5.48. The molecule has 0 N–H and O–H groups in total. The van der Waals surface area contributed by atoms with Gasteiger partial charge in [0.2, 0.25) is 0 Å². The third-order valence-corrected chi connectivity index (χ3v) is 4.27. The summed E-state index contributed by atoms with van der Waals surface area (Å²) in [5.41, 5.74) is 0. The number of hydrogen-bond donors (Lipinski definition) is 0. The van der Waals surface area contributed by atoms with Crippen LogP contribution in [0.1, 0.15) is 19.8 Å². The first-order valence-electron chi connectivity index (χ1n) is 6.91. The number of rotatable bonds is 3. The maximum absolute atomic E-state index is 2.68. The second-order valence-corrected chi connectivity index (χ2v) is 5.48. The average molecular weight is 225 g/mol. The Morgan fingerprint density at radius 1 is 0.875 bits per heavy atom. The van der Waals surface area contributed by atoms with Gasteiger partial charge in [0.15, 0.2) is 0 Å². The van der Waals surface area contributed by atoms with E-state index in [4.69, 9.17) is 0 Å². The standard InChI is InChI=1S/C13H27N3/c1-3-15-8-10-16(11-9-15)12-13-4-6-14(2)7-5-13/h13H,3-12H2,1-2H3. The van der Waals surface area contributed by atoms with E-state index < -0.39 is 0 Å². The summed E-state index contributed by atoms with van der Waals surface area (Å²) in [6.45, 7) is 12.6. The van der Waals surface area contributed by atoms with Crippen molar-refractivity contribution in [1.82, 2.24) is 14.7 Å². The highest BCUT2D eigenvalue weighted by molar-refractivity contribution is 4.77. The first-order valence-corrected chi connectivity index (χ1v) is 6.91. The first kappa shape index (κ1) is 12.3. The zero-order valence-electron chi connectivity index (χ0n) is 11.0. The van der Waals surface area contributed by atoms with Gasteiger partial charge in [-0.15, -0.1) is 0 Å². The zero-order chi connectivity index (χ0) is 11.4. The van der Waals surface area contributed by atoms with E-state index in [9.17, 15) is 0 Å². The molecule has 0 aliphatic carbocycles. The molecule has 2 aliphatic rings. The predicted molar refractivity (Wildman–Crippen MR) is 68.8 cm³/mol. The second kappa shape index (κ2) is 5.99. The molecule has 2 aliphatic heterocycles. The lowest BCUT2D eigenvalue weighted by Crippen LogP contribution is -2.48. The number of likely N-dealkylation sites (tertiary alicyclic amines) is 1. The van der Waals surface area contributed by atoms with E-state index in [2.05, 4.69) is 28.7 Å². The van der Waals surface area contributed by atoms with Gasteiger partial charge in [-0.3, -0.25) is 0 Å². The molecule has 0 aromatic rings. The molecule has 94 valence electrons. The molecule has 0 unspecified atom stereocenters. The van der Waals surface area contributed by atoms with Crippen molar-refractivity contribution < 1.29 is 0 Å². The highest BCUT2D eigenvalue weighted by atomic mass is 15.3. The Labute approximate surface area is 100 Å². The lowest BCUT2D eigenvalue weighted by molar-refractivity contribution is 0.103. The molecular formula is C13H27N3. The highest BCUT2D eigenvalue weighted by Crippen LogP contribution is 2.17. The van der Waals surface area contributed by atoms with Crippen molar-refractivity contribution in [3.05, 3.63) is 0 Å². The van der Waals surface area contributed by atoms with E-state index in [0.717, 1.165) is 5.92 Å². The largest absolute Gasteiger partial charge is 0.306 e. The van der Waals surface area contributed by atoms with E-state index >= 15 is 0 Å². The van der Waals surface area contributed by atoms with Gasteiger partial charge in [-0.25, -0.2) is 0 Å². The molecule has 0 amide bonds. The number of hydrogen-bond acceptors (Lipinski definition) is 3. The minimum absolute atomic E-state index is 0.962. The number of likely N-dealkylation sites (N-methyl/N-ethyl adjacent to an activating group) is 1. The normalized spacial score (nSPS) is 27.4. The molecule has 0 spiro atoms. The molecule has 0 bridgehead atoms. The summed E-state index contributed by atoms with van der Waals surface area (Å²) in [5.74, 6) is 0.962. The molecule has 0 radical (unpaired) electrons. The molecule has 2 rings (SSSR count). The summed E-state index contributed by atoms with van der Waals surface area (Å²) in [4.78, 5) is 7.71. The van der Waals surface area contributed by atoms with Gasteiger partial charge < -0.3 is 14.7 Å². The Bertz CT molecular complexity index is 191. The van der Waals surface area contributed by atoms with E-state index in [0.29, 0.717) is 0 Å². The van der Waals surface area contributed by atoms with Crippen LogP contribution in [0.2, 0.25) is 0 Å². The van der Waals surface area contributed by atoms with Crippen LogP contribution in [0.5, 0.6) is 0 Å². The van der Waals surface area contributed by atoms with E-state index in [1.165, 1.54) is 65.2 Å². The van der Waals surface area contributed by atoms with Gasteiger partial charge in [0.05, 0.1) is 0 Å². The Morgan fingerprint density at radius 2 is 1.44 bits per heavy atom. The monoisotopic (exact) mass is 225 g/mol. The lowest BCUT2D eigenvalue weighted by atomic mass is 9.96. The van der Waals surface area contributed by atoms with Gasteiger partial charge in [0.1, 0.15) is 0 Å². The summed E-state index contributed by atoms with van der Waals surface area (Å²) in [6, 6.07) is 0. The molecule has 0 atom stereocenters. The predicted octanol–water partition coefficient (Wildman–Crippen LogP) is 0.966. The zero-order valence-corrected chi connectivity index (χ0v) is 11.0. The molecule has 0 saturated carbocycles. The van der Waals surface area contributed by atoms with Crippen molar-refractivity contribution in [3.63, 3.8) is 0 Å². The van der Waals surface area contributed by atoms with Gasteiger partial charge in [-0.05, 0) is 45.4 Å². The Balaban J connectivity index is 1.66. The quantitative estimate of drug-likeness (QED) is 0.708. The summed E-state index contributed by atoms with van der Waals surface area (Å²) in [6.07, 6.45) is 2.81. The highest BCUT2D eigenvalue weighted by Gasteiger charge is 2.21. The van der Waals surface area contributed by atoms with Crippen molar-refractivity contribution in [2.75, 3.05) is 59.4 Å². The Morgan fingerprint density at radius 3 is 2.00 bits per heavy atom.